The lowest BCUT2D eigenvalue weighted by molar-refractivity contribution is 0.00688. The third-order valence-electron chi connectivity index (χ3n) is 2.29. The topological polar surface area (TPSA) is 38.3 Å². The van der Waals surface area contributed by atoms with E-state index in [-0.39, 0.29) is 5.97 Å². The van der Waals surface area contributed by atoms with Gasteiger partial charge in [0.25, 0.3) is 0 Å². The highest BCUT2D eigenvalue weighted by molar-refractivity contribution is 5.91. The Morgan fingerprint density at radius 1 is 1.35 bits per heavy atom. The minimum Gasteiger partial charge on any atom is -0.456 e. The molecule has 0 aliphatic carbocycles. The van der Waals surface area contributed by atoms with E-state index in [4.69, 9.17) is 4.74 Å². The molecule has 94 valence electrons. The molecule has 0 heterocycles. The third-order valence-corrected chi connectivity index (χ3v) is 2.29. The van der Waals surface area contributed by atoms with Gasteiger partial charge in [-0.1, -0.05) is 12.1 Å². The van der Waals surface area contributed by atoms with Crippen molar-refractivity contribution in [1.82, 2.24) is 5.32 Å². The molecule has 0 atom stereocenters. The molecule has 0 aliphatic rings. The van der Waals surface area contributed by atoms with Gasteiger partial charge in [0.2, 0.25) is 0 Å². The first-order valence-corrected chi connectivity index (χ1v) is 5.81. The summed E-state index contributed by atoms with van der Waals surface area (Å²) in [6.07, 6.45) is 0. The molecule has 0 saturated heterocycles. The van der Waals surface area contributed by atoms with Crippen LogP contribution in [0.25, 0.3) is 0 Å². The summed E-state index contributed by atoms with van der Waals surface area (Å²) in [5, 5.41) is 3.08. The maximum atomic E-state index is 11.9. The Kier molecular flexibility index (Phi) is 4.29. The van der Waals surface area contributed by atoms with Crippen molar-refractivity contribution in [2.75, 3.05) is 7.05 Å². The fourth-order valence-electron chi connectivity index (χ4n) is 1.60. The Labute approximate surface area is 103 Å². The lowest BCUT2D eigenvalue weighted by Gasteiger charge is -2.20. The molecule has 0 radical (unpaired) electrons. The maximum absolute atomic E-state index is 11.9. The van der Waals surface area contributed by atoms with Crippen LogP contribution in [0.3, 0.4) is 0 Å². The van der Waals surface area contributed by atoms with Crippen LogP contribution in [0.1, 0.15) is 42.3 Å². The second-order valence-corrected chi connectivity index (χ2v) is 5.18. The number of benzene rings is 1. The normalized spacial score (nSPS) is 11.4. The minimum absolute atomic E-state index is 0.258. The van der Waals surface area contributed by atoms with Gasteiger partial charge in [0, 0.05) is 6.54 Å². The van der Waals surface area contributed by atoms with Crippen LogP contribution in [0.2, 0.25) is 0 Å². The fraction of sp³-hybridized carbons (Fsp3) is 0.500. The number of carbonyl (C=O) groups excluding carboxylic acids is 1. The summed E-state index contributed by atoms with van der Waals surface area (Å²) in [7, 11) is 1.90. The first kappa shape index (κ1) is 13.7. The Morgan fingerprint density at radius 2 is 2.00 bits per heavy atom. The van der Waals surface area contributed by atoms with E-state index in [1.54, 1.807) is 0 Å². The summed E-state index contributed by atoms with van der Waals surface area (Å²) in [6, 6.07) is 5.79. The molecule has 0 unspecified atom stereocenters. The summed E-state index contributed by atoms with van der Waals surface area (Å²) in [5.74, 6) is -0.258. The van der Waals surface area contributed by atoms with E-state index in [0.717, 1.165) is 17.7 Å². The second kappa shape index (κ2) is 5.32. The van der Waals surface area contributed by atoms with Crippen molar-refractivity contribution >= 4 is 5.97 Å². The number of aryl methyl sites for hydroxylation is 1. The van der Waals surface area contributed by atoms with Gasteiger partial charge in [-0.3, -0.25) is 0 Å². The standard InChI is InChI=1S/C14H21NO2/c1-10-8-11(9-15-5)6-7-12(10)13(16)17-14(2,3)4/h6-8,15H,9H2,1-5H3. The molecule has 3 nitrogen and oxygen atoms in total. The van der Waals surface area contributed by atoms with Crippen LogP contribution in [-0.2, 0) is 11.3 Å². The molecule has 17 heavy (non-hydrogen) atoms. The Bertz CT molecular complexity index is 405. The minimum atomic E-state index is -0.451. The van der Waals surface area contributed by atoms with Gasteiger partial charge in [-0.2, -0.15) is 0 Å². The fourth-order valence-corrected chi connectivity index (χ4v) is 1.60. The van der Waals surface area contributed by atoms with Crippen molar-refractivity contribution in [2.45, 2.75) is 39.8 Å². The van der Waals surface area contributed by atoms with Crippen molar-refractivity contribution in [3.05, 3.63) is 34.9 Å². The van der Waals surface area contributed by atoms with E-state index in [1.807, 2.05) is 52.9 Å². The van der Waals surface area contributed by atoms with Crippen LogP contribution in [0.5, 0.6) is 0 Å². The molecule has 1 N–H and O–H groups in total. The monoisotopic (exact) mass is 235 g/mol. The Hall–Kier alpha value is -1.35. The highest BCUT2D eigenvalue weighted by Crippen LogP contribution is 2.16. The van der Waals surface area contributed by atoms with E-state index in [0.29, 0.717) is 5.56 Å². The summed E-state index contributed by atoms with van der Waals surface area (Å²) in [5.41, 5.74) is 2.30. The zero-order valence-electron chi connectivity index (χ0n) is 11.3. The molecule has 0 aliphatic heterocycles. The van der Waals surface area contributed by atoms with E-state index in [2.05, 4.69) is 5.32 Å². The summed E-state index contributed by atoms with van der Waals surface area (Å²) < 4.78 is 5.35. The van der Waals surface area contributed by atoms with Gasteiger partial charge in [0.05, 0.1) is 5.56 Å². The first-order chi connectivity index (χ1) is 7.83. The number of hydrogen-bond donors (Lipinski definition) is 1. The average molecular weight is 235 g/mol. The van der Waals surface area contributed by atoms with Gasteiger partial charge in [0.15, 0.2) is 0 Å². The van der Waals surface area contributed by atoms with Crippen LogP contribution in [0.4, 0.5) is 0 Å². The van der Waals surface area contributed by atoms with Crippen LogP contribution in [0.15, 0.2) is 18.2 Å². The first-order valence-electron chi connectivity index (χ1n) is 5.81. The summed E-state index contributed by atoms with van der Waals surface area (Å²) in [4.78, 5) is 11.9. The van der Waals surface area contributed by atoms with Gasteiger partial charge in [-0.25, -0.2) is 4.79 Å². The van der Waals surface area contributed by atoms with E-state index >= 15 is 0 Å². The molecule has 0 saturated carbocycles. The molecule has 0 fully saturated rings. The number of hydrogen-bond acceptors (Lipinski definition) is 3. The van der Waals surface area contributed by atoms with Gasteiger partial charge in [0.1, 0.15) is 5.60 Å². The van der Waals surface area contributed by atoms with E-state index in [1.165, 1.54) is 0 Å². The molecule has 1 rings (SSSR count). The van der Waals surface area contributed by atoms with Gasteiger partial charge >= 0.3 is 5.97 Å². The predicted molar refractivity (Wildman–Crippen MR) is 69.1 cm³/mol. The van der Waals surface area contributed by atoms with E-state index in [9.17, 15) is 4.79 Å². The molecule has 0 amide bonds. The summed E-state index contributed by atoms with van der Waals surface area (Å²) in [6.45, 7) is 8.34. The van der Waals surface area contributed by atoms with Crippen molar-refractivity contribution in [3.63, 3.8) is 0 Å². The average Bonchev–Trinajstić information content (AvgIpc) is 2.15. The van der Waals surface area contributed by atoms with Gasteiger partial charge < -0.3 is 10.1 Å². The molecular weight excluding hydrogens is 214 g/mol. The number of nitrogens with one attached hydrogen (secondary N) is 1. The van der Waals surface area contributed by atoms with Crippen molar-refractivity contribution in [1.29, 1.82) is 0 Å². The van der Waals surface area contributed by atoms with Crippen molar-refractivity contribution < 1.29 is 9.53 Å². The van der Waals surface area contributed by atoms with Crippen LogP contribution in [0, 0.1) is 6.92 Å². The Balaban J connectivity index is 2.88. The highest BCUT2D eigenvalue weighted by atomic mass is 16.6. The summed E-state index contributed by atoms with van der Waals surface area (Å²) >= 11 is 0. The van der Waals surface area contributed by atoms with Gasteiger partial charge in [-0.05, 0) is 51.9 Å². The Morgan fingerprint density at radius 3 is 2.47 bits per heavy atom. The molecule has 0 spiro atoms. The van der Waals surface area contributed by atoms with Gasteiger partial charge in [-0.15, -0.1) is 0 Å². The predicted octanol–water partition coefficient (Wildman–Crippen LogP) is 2.67. The number of esters is 1. The van der Waals surface area contributed by atoms with E-state index < -0.39 is 5.60 Å². The smallest absolute Gasteiger partial charge is 0.338 e. The largest absolute Gasteiger partial charge is 0.456 e. The number of carbonyl (C=O) groups is 1. The molecule has 1 aromatic rings. The maximum Gasteiger partial charge on any atom is 0.338 e. The lowest BCUT2D eigenvalue weighted by Crippen LogP contribution is -2.24. The quantitative estimate of drug-likeness (QED) is 0.819. The zero-order valence-corrected chi connectivity index (χ0v) is 11.3. The molecule has 0 aromatic heterocycles. The molecular formula is C14H21NO2. The van der Waals surface area contributed by atoms with Crippen LogP contribution in [-0.4, -0.2) is 18.6 Å². The number of rotatable bonds is 3. The number of ether oxygens (including phenoxy) is 1. The van der Waals surface area contributed by atoms with Crippen molar-refractivity contribution in [3.8, 4) is 0 Å². The molecule has 0 bridgehead atoms. The van der Waals surface area contributed by atoms with Crippen molar-refractivity contribution in [2.24, 2.45) is 0 Å². The van der Waals surface area contributed by atoms with Crippen LogP contribution >= 0.6 is 0 Å². The lowest BCUT2D eigenvalue weighted by atomic mass is 10.0. The second-order valence-electron chi connectivity index (χ2n) is 5.18. The molecule has 1 aromatic carbocycles. The highest BCUT2D eigenvalue weighted by Gasteiger charge is 2.19. The van der Waals surface area contributed by atoms with Crippen LogP contribution < -0.4 is 5.32 Å². The third kappa shape index (κ3) is 4.19. The SMILES string of the molecule is CNCc1ccc(C(=O)OC(C)(C)C)c(C)c1. The molecule has 3 heteroatoms. The zero-order chi connectivity index (χ0) is 13.1.